The zero-order valence-electron chi connectivity index (χ0n) is 28.6. The molecule has 0 amide bonds. The topological polar surface area (TPSA) is 32.0 Å². The van der Waals surface area contributed by atoms with Gasteiger partial charge in [-0.2, -0.15) is 5.26 Å². The maximum atomic E-state index is 9.52. The SMILES string of the molecule is N#Cc1ccc(-n2c3ccc(C4=CC5c6ccccc6N(c6ccccc6)C5C=C4)cc3c3cc(-c4ccc5sc6ccccc6c5c4)ccc32)cc1. The molecular formula is C49H31N3S. The van der Waals surface area contributed by atoms with Gasteiger partial charge >= 0.3 is 0 Å². The van der Waals surface area contributed by atoms with Crippen LogP contribution in [-0.4, -0.2) is 10.6 Å². The van der Waals surface area contributed by atoms with E-state index >= 15 is 0 Å². The van der Waals surface area contributed by atoms with E-state index in [2.05, 4.69) is 179 Å². The summed E-state index contributed by atoms with van der Waals surface area (Å²) in [7, 11) is 0. The van der Waals surface area contributed by atoms with E-state index in [9.17, 15) is 5.26 Å². The lowest BCUT2D eigenvalue weighted by molar-refractivity contribution is 0.747. The summed E-state index contributed by atoms with van der Waals surface area (Å²) in [6, 6.07) is 59.4. The lowest BCUT2D eigenvalue weighted by atomic mass is 9.86. The maximum absolute atomic E-state index is 9.52. The van der Waals surface area contributed by atoms with Crippen molar-refractivity contribution >= 4 is 70.3 Å². The number of nitrogens with zero attached hydrogens (tertiary/aromatic N) is 3. The van der Waals surface area contributed by atoms with Gasteiger partial charge in [-0.25, -0.2) is 0 Å². The number of benzene rings is 7. The first-order chi connectivity index (χ1) is 26.2. The van der Waals surface area contributed by atoms with Gasteiger partial charge in [-0.05, 0) is 113 Å². The van der Waals surface area contributed by atoms with Crippen LogP contribution in [0.15, 0.2) is 176 Å². The Balaban J connectivity index is 1.07. The van der Waals surface area contributed by atoms with E-state index in [1.807, 2.05) is 23.5 Å². The van der Waals surface area contributed by atoms with Crippen LogP contribution >= 0.6 is 11.3 Å². The van der Waals surface area contributed by atoms with Gasteiger partial charge in [-0.15, -0.1) is 11.3 Å². The predicted molar refractivity (Wildman–Crippen MR) is 222 cm³/mol. The molecule has 2 atom stereocenters. The summed E-state index contributed by atoms with van der Waals surface area (Å²) in [4.78, 5) is 2.48. The normalized spacial score (nSPS) is 16.3. The molecule has 0 bridgehead atoms. The van der Waals surface area contributed by atoms with E-state index in [-0.39, 0.29) is 12.0 Å². The number of rotatable bonds is 4. The molecule has 7 aromatic carbocycles. The summed E-state index contributed by atoms with van der Waals surface area (Å²) < 4.78 is 4.96. The molecule has 2 aliphatic rings. The predicted octanol–water partition coefficient (Wildman–Crippen LogP) is 12.9. The second kappa shape index (κ2) is 11.7. The first-order valence-electron chi connectivity index (χ1n) is 18.1. The van der Waals surface area contributed by atoms with Gasteiger partial charge in [0.2, 0.25) is 0 Å². The van der Waals surface area contributed by atoms with Crippen molar-refractivity contribution in [1.82, 2.24) is 4.57 Å². The van der Waals surface area contributed by atoms with Crippen molar-refractivity contribution in [2.75, 3.05) is 4.90 Å². The van der Waals surface area contributed by atoms with Gasteiger partial charge in [0.05, 0.1) is 28.7 Å². The zero-order chi connectivity index (χ0) is 35.0. The summed E-state index contributed by atoms with van der Waals surface area (Å²) in [6.07, 6.45) is 7.18. The molecule has 0 fully saturated rings. The monoisotopic (exact) mass is 693 g/mol. The van der Waals surface area contributed by atoms with Crippen molar-refractivity contribution in [1.29, 1.82) is 5.26 Å². The minimum absolute atomic E-state index is 0.223. The third-order valence-corrected chi connectivity index (χ3v) is 12.3. The Kier molecular flexibility index (Phi) is 6.61. The van der Waals surface area contributed by atoms with Gasteiger partial charge < -0.3 is 9.47 Å². The van der Waals surface area contributed by atoms with Crippen molar-refractivity contribution in [3.8, 4) is 22.9 Å². The first kappa shape index (κ1) is 30.0. The van der Waals surface area contributed by atoms with Crippen molar-refractivity contribution < 1.29 is 0 Å². The molecule has 0 saturated heterocycles. The molecule has 0 spiro atoms. The first-order valence-corrected chi connectivity index (χ1v) is 18.9. The molecule has 1 aliphatic heterocycles. The Hall–Kier alpha value is -6.67. The van der Waals surface area contributed by atoms with Crippen LogP contribution in [0.2, 0.25) is 0 Å². The number of nitriles is 1. The Morgan fingerprint density at radius 3 is 2.02 bits per heavy atom. The van der Waals surface area contributed by atoms with Crippen LogP contribution in [0.1, 0.15) is 22.6 Å². The van der Waals surface area contributed by atoms with E-state index in [4.69, 9.17) is 0 Å². The highest BCUT2D eigenvalue weighted by molar-refractivity contribution is 7.25. The van der Waals surface area contributed by atoms with Crippen molar-refractivity contribution in [2.24, 2.45) is 0 Å². The molecule has 0 N–H and O–H groups in total. The highest BCUT2D eigenvalue weighted by Crippen LogP contribution is 2.49. The molecule has 0 saturated carbocycles. The number of hydrogen-bond acceptors (Lipinski definition) is 3. The molecule has 2 aromatic heterocycles. The molecule has 4 heteroatoms. The molecule has 3 nitrogen and oxygen atoms in total. The number of anilines is 2. The standard InChI is InChI=1S/C49H31N3S/c50-30-31-14-20-37(21-15-31)52-46-23-17-33(32-16-22-45-40(26-32)38-10-4-6-12-44(38)51(45)36-8-2-1-3-9-36)27-41(46)42-28-34(18-24-47(42)52)35-19-25-49-43(29-35)39-11-5-7-13-48(39)53-49/h1-29,40,45H. The molecule has 53 heavy (non-hydrogen) atoms. The number of thiophene rings is 1. The Morgan fingerprint density at radius 1 is 0.547 bits per heavy atom. The lowest BCUT2D eigenvalue weighted by Crippen LogP contribution is -2.28. The summed E-state index contributed by atoms with van der Waals surface area (Å²) in [6.45, 7) is 0. The summed E-state index contributed by atoms with van der Waals surface area (Å²) in [5.41, 5.74) is 12.7. The molecule has 0 radical (unpaired) electrons. The average molecular weight is 694 g/mol. The summed E-state index contributed by atoms with van der Waals surface area (Å²) >= 11 is 1.85. The second-order valence-electron chi connectivity index (χ2n) is 14.0. The van der Waals surface area contributed by atoms with Gasteiger partial charge in [0.25, 0.3) is 0 Å². The fraction of sp³-hybridized carbons (Fsp3) is 0.0408. The van der Waals surface area contributed by atoms with Gasteiger partial charge in [-0.1, -0.05) is 91.0 Å². The van der Waals surface area contributed by atoms with Crippen LogP contribution in [0, 0.1) is 11.3 Å². The second-order valence-corrected chi connectivity index (χ2v) is 15.1. The fourth-order valence-corrected chi connectivity index (χ4v) is 9.77. The molecule has 1 aliphatic carbocycles. The summed E-state index contributed by atoms with van der Waals surface area (Å²) in [5.74, 6) is 0.247. The van der Waals surface area contributed by atoms with Crippen LogP contribution < -0.4 is 4.90 Å². The van der Waals surface area contributed by atoms with Crippen LogP contribution in [-0.2, 0) is 0 Å². The van der Waals surface area contributed by atoms with E-state index in [1.165, 1.54) is 70.1 Å². The zero-order valence-corrected chi connectivity index (χ0v) is 29.5. The van der Waals surface area contributed by atoms with E-state index in [0.29, 0.717) is 5.56 Å². The highest BCUT2D eigenvalue weighted by Gasteiger charge is 2.38. The van der Waals surface area contributed by atoms with Crippen LogP contribution in [0.3, 0.4) is 0 Å². The van der Waals surface area contributed by atoms with E-state index in [1.54, 1.807) is 0 Å². The molecule has 248 valence electrons. The van der Waals surface area contributed by atoms with Gasteiger partial charge in [0.15, 0.2) is 0 Å². The van der Waals surface area contributed by atoms with Crippen LogP contribution in [0.5, 0.6) is 0 Å². The van der Waals surface area contributed by atoms with Crippen LogP contribution in [0.25, 0.3) is 64.4 Å². The molecule has 9 aromatic rings. The minimum atomic E-state index is 0.223. The molecule has 11 rings (SSSR count). The van der Waals surface area contributed by atoms with Crippen LogP contribution in [0.4, 0.5) is 11.4 Å². The molecule has 2 unspecified atom stereocenters. The minimum Gasteiger partial charge on any atom is -0.333 e. The van der Waals surface area contributed by atoms with Crippen molar-refractivity contribution in [3.63, 3.8) is 0 Å². The number of allylic oxidation sites excluding steroid dienone is 2. The van der Waals surface area contributed by atoms with Crippen molar-refractivity contribution in [3.05, 3.63) is 193 Å². The van der Waals surface area contributed by atoms with Gasteiger partial charge in [0.1, 0.15) is 0 Å². The Labute approximate surface area is 311 Å². The largest absolute Gasteiger partial charge is 0.333 e. The Bertz CT molecular complexity index is 3030. The number of para-hydroxylation sites is 2. The number of fused-ring (bicyclic) bond motifs is 9. The number of hydrogen-bond donors (Lipinski definition) is 0. The third-order valence-electron chi connectivity index (χ3n) is 11.2. The van der Waals surface area contributed by atoms with Crippen molar-refractivity contribution in [2.45, 2.75) is 12.0 Å². The molecule has 3 heterocycles. The highest BCUT2D eigenvalue weighted by atomic mass is 32.1. The fourth-order valence-electron chi connectivity index (χ4n) is 8.68. The van der Waals surface area contributed by atoms with E-state index in [0.717, 1.165) is 16.7 Å². The molecular weight excluding hydrogens is 663 g/mol. The lowest BCUT2D eigenvalue weighted by Gasteiger charge is -2.29. The Morgan fingerprint density at radius 2 is 1.21 bits per heavy atom. The van der Waals surface area contributed by atoms with E-state index < -0.39 is 0 Å². The third kappa shape index (κ3) is 4.65. The average Bonchev–Trinajstić information content (AvgIpc) is 3.88. The summed E-state index contributed by atoms with van der Waals surface area (Å²) in [5, 5.41) is 14.6. The van der Waals surface area contributed by atoms with Gasteiger partial charge in [-0.3, -0.25) is 0 Å². The smallest absolute Gasteiger partial charge is 0.0991 e. The quantitative estimate of drug-likeness (QED) is 0.184. The maximum Gasteiger partial charge on any atom is 0.0991 e. The van der Waals surface area contributed by atoms with Gasteiger partial charge in [0, 0.05) is 53.9 Å². The number of aromatic nitrogens is 1.